The average molecular weight is 328 g/mol. The molecule has 0 fully saturated rings. The van der Waals surface area contributed by atoms with E-state index in [0.717, 1.165) is 45.6 Å². The lowest BCUT2D eigenvalue weighted by Gasteiger charge is -2.12. The van der Waals surface area contributed by atoms with E-state index in [1.807, 2.05) is 12.1 Å². The molecule has 0 saturated carbocycles. The summed E-state index contributed by atoms with van der Waals surface area (Å²) < 4.78 is 0.976. The lowest BCUT2D eigenvalue weighted by Crippen LogP contribution is -2.05. The van der Waals surface area contributed by atoms with Crippen LogP contribution in [0.1, 0.15) is 25.8 Å². The molecule has 1 N–H and O–H groups in total. The zero-order valence-electron chi connectivity index (χ0n) is 10.6. The molecular weight excluding hydrogens is 312 g/mol. The number of anilines is 1. The van der Waals surface area contributed by atoms with E-state index < -0.39 is 0 Å². The van der Waals surface area contributed by atoms with Crippen LogP contribution in [-0.2, 0) is 6.42 Å². The predicted molar refractivity (Wildman–Crippen MR) is 82.6 cm³/mol. The third-order valence-electron chi connectivity index (χ3n) is 2.88. The number of halogens is 2. The molecule has 1 aromatic heterocycles. The number of fused-ring (bicyclic) bond motifs is 1. The maximum atomic E-state index is 6.23. The Morgan fingerprint density at radius 3 is 2.78 bits per heavy atom. The van der Waals surface area contributed by atoms with Crippen LogP contribution in [0.3, 0.4) is 0 Å². The van der Waals surface area contributed by atoms with Crippen LogP contribution in [0.4, 0.5) is 5.82 Å². The van der Waals surface area contributed by atoms with Crippen molar-refractivity contribution >= 4 is 44.3 Å². The van der Waals surface area contributed by atoms with E-state index in [4.69, 9.17) is 16.6 Å². The molecule has 2 rings (SSSR count). The zero-order chi connectivity index (χ0) is 13.1. The van der Waals surface area contributed by atoms with Gasteiger partial charge in [-0.15, -0.1) is 0 Å². The van der Waals surface area contributed by atoms with Crippen LogP contribution in [0.15, 0.2) is 22.7 Å². The average Bonchev–Trinajstić information content (AvgIpc) is 2.40. The van der Waals surface area contributed by atoms with Crippen LogP contribution in [0, 0.1) is 0 Å². The van der Waals surface area contributed by atoms with Crippen LogP contribution in [0.2, 0.25) is 5.02 Å². The van der Waals surface area contributed by atoms with Crippen LogP contribution in [0.25, 0.3) is 10.9 Å². The van der Waals surface area contributed by atoms with Crippen molar-refractivity contribution in [1.82, 2.24) is 4.98 Å². The number of rotatable bonds is 4. The molecule has 0 radical (unpaired) electrons. The first-order valence-electron chi connectivity index (χ1n) is 6.18. The second kappa shape index (κ2) is 5.89. The highest BCUT2D eigenvalue weighted by Gasteiger charge is 2.10. The van der Waals surface area contributed by atoms with Gasteiger partial charge >= 0.3 is 0 Å². The van der Waals surface area contributed by atoms with Gasteiger partial charge in [0.15, 0.2) is 0 Å². The van der Waals surface area contributed by atoms with Crippen LogP contribution >= 0.6 is 27.5 Å². The number of hydrogen-bond donors (Lipinski definition) is 1. The van der Waals surface area contributed by atoms with Crippen LogP contribution < -0.4 is 5.32 Å². The van der Waals surface area contributed by atoms with Gasteiger partial charge in [-0.25, -0.2) is 4.98 Å². The maximum Gasteiger partial charge on any atom is 0.129 e. The standard InChI is InChI=1S/C14H16BrClN2/c1-3-7-17-14-9(4-2)8-10-12(16)6-5-11(15)13(10)18-14/h5-6,8H,3-4,7H2,1-2H3,(H,17,18). The molecule has 1 aromatic carbocycles. The van der Waals surface area contributed by atoms with Crippen molar-refractivity contribution in [1.29, 1.82) is 0 Å². The number of nitrogens with zero attached hydrogens (tertiary/aromatic N) is 1. The Balaban J connectivity index is 2.61. The summed E-state index contributed by atoms with van der Waals surface area (Å²) in [6, 6.07) is 5.97. The second-order valence-corrected chi connectivity index (χ2v) is 5.46. The van der Waals surface area contributed by atoms with E-state index in [1.165, 1.54) is 5.56 Å². The molecule has 2 aromatic rings. The minimum atomic E-state index is 0.748. The Labute approximate surface area is 121 Å². The Kier molecular flexibility index (Phi) is 4.46. The molecule has 0 spiro atoms. The molecule has 0 bridgehead atoms. The normalized spacial score (nSPS) is 10.9. The van der Waals surface area contributed by atoms with Crippen molar-refractivity contribution in [3.63, 3.8) is 0 Å². The summed E-state index contributed by atoms with van der Waals surface area (Å²) in [5, 5.41) is 5.13. The summed E-state index contributed by atoms with van der Waals surface area (Å²) in [7, 11) is 0. The fourth-order valence-corrected chi connectivity index (χ4v) is 2.54. The fraction of sp³-hybridized carbons (Fsp3) is 0.357. The van der Waals surface area contributed by atoms with E-state index in [9.17, 15) is 0 Å². The summed E-state index contributed by atoms with van der Waals surface area (Å²) in [6.45, 7) is 5.21. The summed E-state index contributed by atoms with van der Waals surface area (Å²) in [6.07, 6.45) is 2.03. The monoisotopic (exact) mass is 326 g/mol. The first kappa shape index (κ1) is 13.6. The molecule has 0 unspecified atom stereocenters. The highest BCUT2D eigenvalue weighted by atomic mass is 79.9. The van der Waals surface area contributed by atoms with Crippen molar-refractivity contribution in [3.8, 4) is 0 Å². The minimum Gasteiger partial charge on any atom is -0.370 e. The smallest absolute Gasteiger partial charge is 0.129 e. The summed E-state index contributed by atoms with van der Waals surface area (Å²) in [4.78, 5) is 4.70. The molecule has 0 aliphatic rings. The van der Waals surface area contributed by atoms with Crippen LogP contribution in [-0.4, -0.2) is 11.5 Å². The highest BCUT2D eigenvalue weighted by Crippen LogP contribution is 2.31. The number of aryl methyl sites for hydroxylation is 1. The topological polar surface area (TPSA) is 24.9 Å². The molecule has 1 heterocycles. The molecule has 0 saturated heterocycles. The van der Waals surface area contributed by atoms with Gasteiger partial charge in [-0.3, -0.25) is 0 Å². The van der Waals surface area contributed by atoms with Crippen LogP contribution in [0.5, 0.6) is 0 Å². The molecule has 4 heteroatoms. The molecule has 2 nitrogen and oxygen atoms in total. The van der Waals surface area contributed by atoms with E-state index in [2.05, 4.69) is 41.2 Å². The molecule has 0 aliphatic heterocycles. The molecule has 96 valence electrons. The predicted octanol–water partition coefficient (Wildman–Crippen LogP) is 5.04. The van der Waals surface area contributed by atoms with Crippen molar-refractivity contribution in [2.45, 2.75) is 26.7 Å². The summed E-state index contributed by atoms with van der Waals surface area (Å²) in [5.74, 6) is 0.967. The van der Waals surface area contributed by atoms with E-state index >= 15 is 0 Å². The highest BCUT2D eigenvalue weighted by molar-refractivity contribution is 9.10. The van der Waals surface area contributed by atoms with E-state index in [0.29, 0.717) is 0 Å². The maximum absolute atomic E-state index is 6.23. The molecule has 18 heavy (non-hydrogen) atoms. The van der Waals surface area contributed by atoms with Gasteiger partial charge in [0.25, 0.3) is 0 Å². The number of nitrogens with one attached hydrogen (secondary N) is 1. The Morgan fingerprint density at radius 2 is 2.11 bits per heavy atom. The summed E-state index contributed by atoms with van der Waals surface area (Å²) >= 11 is 9.76. The lowest BCUT2D eigenvalue weighted by molar-refractivity contribution is 0.962. The molecule has 0 aliphatic carbocycles. The first-order chi connectivity index (χ1) is 8.67. The van der Waals surface area contributed by atoms with Crippen molar-refractivity contribution < 1.29 is 0 Å². The SMILES string of the molecule is CCCNc1nc2c(Br)ccc(Cl)c2cc1CC. The first-order valence-corrected chi connectivity index (χ1v) is 7.36. The number of benzene rings is 1. The third kappa shape index (κ3) is 2.62. The number of aromatic nitrogens is 1. The molecular formula is C14H16BrClN2. The van der Waals surface area contributed by atoms with Gasteiger partial charge in [-0.2, -0.15) is 0 Å². The summed E-state index contributed by atoms with van der Waals surface area (Å²) in [5.41, 5.74) is 2.12. The number of pyridine rings is 1. The van der Waals surface area contributed by atoms with Gasteiger partial charge < -0.3 is 5.32 Å². The minimum absolute atomic E-state index is 0.748. The van der Waals surface area contributed by atoms with Gasteiger partial charge in [-0.05, 0) is 52.5 Å². The van der Waals surface area contributed by atoms with Crippen molar-refractivity contribution in [3.05, 3.63) is 33.3 Å². The largest absolute Gasteiger partial charge is 0.370 e. The van der Waals surface area contributed by atoms with E-state index in [-0.39, 0.29) is 0 Å². The van der Waals surface area contributed by atoms with Gasteiger partial charge in [0.05, 0.1) is 10.5 Å². The van der Waals surface area contributed by atoms with Gasteiger partial charge in [0.1, 0.15) is 5.82 Å². The number of hydrogen-bond acceptors (Lipinski definition) is 2. The second-order valence-electron chi connectivity index (χ2n) is 4.20. The quantitative estimate of drug-likeness (QED) is 0.851. The Bertz CT molecular complexity index is 569. The van der Waals surface area contributed by atoms with Gasteiger partial charge in [-0.1, -0.05) is 25.4 Å². The third-order valence-corrected chi connectivity index (χ3v) is 3.85. The Hall–Kier alpha value is -0.800. The molecule has 0 atom stereocenters. The fourth-order valence-electron chi connectivity index (χ4n) is 1.90. The zero-order valence-corrected chi connectivity index (χ0v) is 12.9. The van der Waals surface area contributed by atoms with Crippen molar-refractivity contribution in [2.24, 2.45) is 0 Å². The van der Waals surface area contributed by atoms with Gasteiger partial charge in [0, 0.05) is 16.4 Å². The molecule has 0 amide bonds. The van der Waals surface area contributed by atoms with E-state index in [1.54, 1.807) is 0 Å². The van der Waals surface area contributed by atoms with Crippen molar-refractivity contribution in [2.75, 3.05) is 11.9 Å². The van der Waals surface area contributed by atoms with Gasteiger partial charge in [0.2, 0.25) is 0 Å². The Morgan fingerprint density at radius 1 is 1.33 bits per heavy atom. The lowest BCUT2D eigenvalue weighted by atomic mass is 10.1.